The first-order valence-electron chi connectivity index (χ1n) is 3.69. The van der Waals surface area contributed by atoms with Crippen molar-refractivity contribution in [1.29, 1.82) is 0 Å². The highest BCUT2D eigenvalue weighted by molar-refractivity contribution is 6.59. The van der Waals surface area contributed by atoms with Crippen molar-refractivity contribution in [2.45, 2.75) is 13.8 Å². The second-order valence-corrected chi connectivity index (χ2v) is 3.83. The molecule has 0 atom stereocenters. The Hall–Kier alpha value is -0.823. The molecule has 11 heavy (non-hydrogen) atoms. The summed E-state index contributed by atoms with van der Waals surface area (Å²) in [4.78, 5) is 0. The maximum Gasteiger partial charge on any atom is 0.111 e. The Labute approximate surface area is 70.8 Å². The van der Waals surface area contributed by atoms with E-state index in [1.165, 1.54) is 16.3 Å². The lowest BCUT2D eigenvalue weighted by Crippen LogP contribution is -2.16. The molecule has 0 aliphatic rings. The van der Waals surface area contributed by atoms with Crippen LogP contribution in [0.25, 0.3) is 0 Å². The highest BCUT2D eigenvalue weighted by atomic mass is 28.2. The van der Waals surface area contributed by atoms with Gasteiger partial charge in [0.05, 0.1) is 0 Å². The van der Waals surface area contributed by atoms with E-state index in [9.17, 15) is 0 Å². The number of rotatable bonds is 2. The molecule has 1 aromatic rings. The summed E-state index contributed by atoms with van der Waals surface area (Å²) >= 11 is 0. The maximum atomic E-state index is 3.74. The van der Waals surface area contributed by atoms with Crippen LogP contribution in [0.15, 0.2) is 30.5 Å². The molecule has 0 heterocycles. The number of hydrogen-bond donors (Lipinski definition) is 0. The Morgan fingerprint density at radius 3 is 2.73 bits per heavy atom. The average Bonchev–Trinajstić information content (AvgIpc) is 1.99. The predicted molar refractivity (Wildman–Crippen MR) is 51.5 cm³/mol. The Morgan fingerprint density at radius 1 is 1.36 bits per heavy atom. The summed E-state index contributed by atoms with van der Waals surface area (Å²) in [6.07, 6.45) is 0. The second-order valence-electron chi connectivity index (χ2n) is 2.60. The summed E-state index contributed by atoms with van der Waals surface area (Å²) < 4.78 is 0. The van der Waals surface area contributed by atoms with Gasteiger partial charge in [0.25, 0.3) is 0 Å². The Bertz CT molecular complexity index is 264. The van der Waals surface area contributed by atoms with Crippen molar-refractivity contribution in [3.63, 3.8) is 0 Å². The fraction of sp³-hybridized carbons (Fsp3) is 0.200. The van der Waals surface area contributed by atoms with Gasteiger partial charge in [-0.3, -0.25) is 0 Å². The largest absolute Gasteiger partial charge is 0.111 e. The monoisotopic (exact) mass is 160 g/mol. The van der Waals surface area contributed by atoms with Crippen LogP contribution in [0.3, 0.4) is 0 Å². The summed E-state index contributed by atoms with van der Waals surface area (Å²) in [5.41, 5.74) is 4.75. The lowest BCUT2D eigenvalue weighted by Gasteiger charge is -2.04. The van der Waals surface area contributed by atoms with Gasteiger partial charge >= 0.3 is 0 Å². The van der Waals surface area contributed by atoms with Crippen LogP contribution in [-0.4, -0.2) is 9.52 Å². The topological polar surface area (TPSA) is 0 Å². The second kappa shape index (κ2) is 3.53. The molecule has 0 fully saturated rings. The van der Waals surface area contributed by atoms with E-state index in [0.717, 1.165) is 9.52 Å². The molecule has 0 unspecified atom stereocenters. The van der Waals surface area contributed by atoms with Crippen LogP contribution in [0.1, 0.15) is 11.1 Å². The smallest absolute Gasteiger partial charge is 0.107 e. The van der Waals surface area contributed by atoms with Gasteiger partial charge < -0.3 is 0 Å². The van der Waals surface area contributed by atoms with Crippen LogP contribution in [0, 0.1) is 13.8 Å². The molecular weight excluding hydrogens is 148 g/mol. The van der Waals surface area contributed by atoms with Gasteiger partial charge in [-0.15, -0.1) is 12.3 Å². The number of benzene rings is 1. The van der Waals surface area contributed by atoms with Crippen molar-refractivity contribution in [2.24, 2.45) is 0 Å². The van der Waals surface area contributed by atoms with E-state index in [2.05, 4.69) is 38.6 Å². The van der Waals surface area contributed by atoms with Gasteiger partial charge in [0.1, 0.15) is 9.52 Å². The fourth-order valence-electron chi connectivity index (χ4n) is 1.02. The fourth-order valence-corrected chi connectivity index (χ4v) is 1.84. The van der Waals surface area contributed by atoms with E-state index in [1.54, 1.807) is 0 Å². The summed E-state index contributed by atoms with van der Waals surface area (Å²) in [5, 5.41) is 1.42. The Morgan fingerprint density at radius 2 is 2.09 bits per heavy atom. The molecule has 0 aromatic heterocycles. The minimum Gasteiger partial charge on any atom is -0.107 e. The van der Waals surface area contributed by atoms with Gasteiger partial charge in [0.15, 0.2) is 0 Å². The first-order chi connectivity index (χ1) is 5.25. The van der Waals surface area contributed by atoms with Crippen LogP contribution < -0.4 is 5.19 Å². The van der Waals surface area contributed by atoms with Gasteiger partial charge in [0.2, 0.25) is 0 Å². The molecule has 0 saturated heterocycles. The first kappa shape index (κ1) is 8.28. The molecular formula is C10H12Si. The van der Waals surface area contributed by atoms with Gasteiger partial charge in [-0.2, -0.15) is 0 Å². The molecule has 0 amide bonds. The number of aryl methyl sites for hydroxylation is 1. The van der Waals surface area contributed by atoms with Gasteiger partial charge in [-0.05, 0) is 25.0 Å². The average molecular weight is 160 g/mol. The minimum atomic E-state index is 0.746. The molecule has 0 nitrogen and oxygen atoms in total. The maximum absolute atomic E-state index is 3.74. The van der Waals surface area contributed by atoms with Crippen LogP contribution in [-0.2, 0) is 0 Å². The van der Waals surface area contributed by atoms with Crippen LogP contribution in [0.5, 0.6) is 0 Å². The van der Waals surface area contributed by atoms with Crippen molar-refractivity contribution < 1.29 is 0 Å². The third-order valence-corrected chi connectivity index (χ3v) is 2.92. The molecule has 0 saturated carbocycles. The lowest BCUT2D eigenvalue weighted by molar-refractivity contribution is 1.37. The van der Waals surface area contributed by atoms with Crippen LogP contribution in [0.2, 0.25) is 0 Å². The van der Waals surface area contributed by atoms with E-state index in [-0.39, 0.29) is 0 Å². The molecule has 0 N–H and O–H groups in total. The molecule has 2 radical (unpaired) electrons. The van der Waals surface area contributed by atoms with Crippen molar-refractivity contribution in [3.05, 3.63) is 41.6 Å². The summed E-state index contributed by atoms with van der Waals surface area (Å²) in [6.45, 7) is 8.05. The molecule has 0 aliphatic heterocycles. The molecule has 0 bridgehead atoms. The summed E-state index contributed by atoms with van der Waals surface area (Å²) in [6, 6.07) is 6.42. The SMILES string of the molecule is C=C[Si]c1cccc(C)c1C. The molecule has 0 aliphatic carbocycles. The highest BCUT2D eigenvalue weighted by Gasteiger charge is 1.97. The molecule has 1 aromatic carbocycles. The van der Waals surface area contributed by atoms with Gasteiger partial charge in [-0.25, -0.2) is 0 Å². The lowest BCUT2D eigenvalue weighted by atomic mass is 10.1. The zero-order chi connectivity index (χ0) is 8.27. The van der Waals surface area contributed by atoms with Crippen molar-refractivity contribution in [2.75, 3.05) is 0 Å². The third kappa shape index (κ3) is 1.81. The van der Waals surface area contributed by atoms with Crippen molar-refractivity contribution >= 4 is 14.7 Å². The zero-order valence-electron chi connectivity index (χ0n) is 7.02. The Kier molecular flexibility index (Phi) is 2.66. The predicted octanol–water partition coefficient (Wildman–Crippen LogP) is 1.78. The third-order valence-electron chi connectivity index (χ3n) is 1.86. The van der Waals surface area contributed by atoms with Gasteiger partial charge in [0, 0.05) is 0 Å². The quantitative estimate of drug-likeness (QED) is 0.578. The summed E-state index contributed by atoms with van der Waals surface area (Å²) in [5.74, 6) is 0. The van der Waals surface area contributed by atoms with Crippen molar-refractivity contribution in [3.8, 4) is 0 Å². The minimum absolute atomic E-state index is 0.746. The highest BCUT2D eigenvalue weighted by Crippen LogP contribution is 2.01. The molecule has 0 spiro atoms. The standard InChI is InChI=1S/C10H12Si/c1-4-11-10-7-5-6-8(2)9(10)3/h4-7H,1H2,2-3H3. The molecule has 1 heteroatoms. The van der Waals surface area contributed by atoms with Crippen LogP contribution >= 0.6 is 0 Å². The van der Waals surface area contributed by atoms with E-state index < -0.39 is 0 Å². The van der Waals surface area contributed by atoms with E-state index >= 15 is 0 Å². The van der Waals surface area contributed by atoms with E-state index in [1.807, 2.05) is 5.70 Å². The van der Waals surface area contributed by atoms with Gasteiger partial charge in [-0.1, -0.05) is 23.4 Å². The molecule has 56 valence electrons. The van der Waals surface area contributed by atoms with E-state index in [0.29, 0.717) is 0 Å². The van der Waals surface area contributed by atoms with E-state index in [4.69, 9.17) is 0 Å². The Balaban J connectivity index is 3.05. The van der Waals surface area contributed by atoms with Crippen molar-refractivity contribution in [1.82, 2.24) is 0 Å². The summed E-state index contributed by atoms with van der Waals surface area (Å²) in [7, 11) is 0.746. The molecule has 1 rings (SSSR count). The normalized spacial score (nSPS) is 9.64. The first-order valence-corrected chi connectivity index (χ1v) is 4.77. The van der Waals surface area contributed by atoms with Crippen LogP contribution in [0.4, 0.5) is 0 Å². The zero-order valence-corrected chi connectivity index (χ0v) is 8.02. The number of hydrogen-bond acceptors (Lipinski definition) is 0.